The highest BCUT2D eigenvalue weighted by Crippen LogP contribution is 2.25. The number of halogens is 1. The van der Waals surface area contributed by atoms with Gasteiger partial charge < -0.3 is 20.1 Å². The second kappa shape index (κ2) is 10.8. The Morgan fingerprint density at radius 2 is 1.89 bits per heavy atom. The zero-order valence-corrected chi connectivity index (χ0v) is 21.4. The van der Waals surface area contributed by atoms with Gasteiger partial charge in [-0.3, -0.25) is 14.8 Å². The number of carbonyl (C=O) groups is 1. The van der Waals surface area contributed by atoms with Crippen molar-refractivity contribution in [3.8, 4) is 11.4 Å². The molecule has 1 saturated heterocycles. The Morgan fingerprint density at radius 1 is 1.11 bits per heavy atom. The second-order valence-electron chi connectivity index (χ2n) is 9.62. The third-order valence-corrected chi connectivity index (χ3v) is 6.35. The zero-order valence-electron chi connectivity index (χ0n) is 21.4. The number of rotatable bonds is 6. The molecular weight excluding hydrogens is 487 g/mol. The number of carbonyl (C=O) groups excluding carboxylic acids is 1. The number of aliphatic hydroxyl groups excluding tert-OH is 1. The maximum atomic E-state index is 14.6. The molecule has 4 aromatic heterocycles. The van der Waals surface area contributed by atoms with Crippen LogP contribution in [-0.4, -0.2) is 56.2 Å². The first-order valence-corrected chi connectivity index (χ1v) is 12.5. The summed E-state index contributed by atoms with van der Waals surface area (Å²) >= 11 is 0. The standard InChI is InChI=1S/C28H29FN6O3/c1-16-14-35(15-17(2)38-16)27-8-22(29)7-26(34-27)24-5-4-19-12-31-23(9-25(19)33-24)13-32-28(37)21-6-20(18(3)36)10-30-11-21/h4-12,16-18,36H,13-15H2,1-3H3,(H,32,37)/t16-,17?,18?/m0/s1. The third kappa shape index (κ3) is 5.76. The van der Waals surface area contributed by atoms with Crippen molar-refractivity contribution < 1.29 is 19.0 Å². The van der Waals surface area contributed by atoms with Gasteiger partial charge in [-0.05, 0) is 50.6 Å². The molecule has 5 rings (SSSR count). The molecule has 9 nitrogen and oxygen atoms in total. The Balaban J connectivity index is 1.36. The number of nitrogens with one attached hydrogen (secondary N) is 1. The number of amides is 1. The molecule has 196 valence electrons. The molecule has 0 spiro atoms. The fourth-order valence-corrected chi connectivity index (χ4v) is 4.52. The molecule has 4 aromatic rings. The molecule has 1 fully saturated rings. The molecular formula is C28H29FN6O3. The first-order chi connectivity index (χ1) is 18.2. The van der Waals surface area contributed by atoms with Crippen molar-refractivity contribution >= 4 is 22.6 Å². The molecule has 3 atom stereocenters. The number of aliphatic hydroxyl groups is 1. The van der Waals surface area contributed by atoms with Gasteiger partial charge in [0.1, 0.15) is 11.6 Å². The number of ether oxygens (including phenoxy) is 1. The van der Waals surface area contributed by atoms with Crippen LogP contribution in [-0.2, 0) is 11.3 Å². The number of nitrogens with zero attached hydrogens (tertiary/aromatic N) is 5. The van der Waals surface area contributed by atoms with Crippen molar-refractivity contribution in [1.82, 2.24) is 25.3 Å². The van der Waals surface area contributed by atoms with Gasteiger partial charge >= 0.3 is 0 Å². The normalized spacial score (nSPS) is 18.4. The SMILES string of the molecule is CC1CN(c2cc(F)cc(-c3ccc4cnc(CNC(=O)c5cncc(C(C)O)c5)cc4n3)n2)C[C@H](C)O1. The number of fused-ring (bicyclic) bond motifs is 1. The zero-order chi connectivity index (χ0) is 26.8. The summed E-state index contributed by atoms with van der Waals surface area (Å²) in [5.41, 5.74) is 3.15. The lowest BCUT2D eigenvalue weighted by atomic mass is 10.1. The fraction of sp³-hybridized carbons (Fsp3) is 0.321. The molecule has 1 aliphatic heterocycles. The topological polar surface area (TPSA) is 113 Å². The average Bonchev–Trinajstić information content (AvgIpc) is 2.90. The van der Waals surface area contributed by atoms with E-state index in [1.54, 1.807) is 31.3 Å². The van der Waals surface area contributed by atoms with Gasteiger partial charge in [0.05, 0.1) is 53.0 Å². The monoisotopic (exact) mass is 516 g/mol. The van der Waals surface area contributed by atoms with Crippen molar-refractivity contribution in [3.05, 3.63) is 77.6 Å². The predicted octanol–water partition coefficient (Wildman–Crippen LogP) is 3.82. The molecule has 0 aliphatic carbocycles. The summed E-state index contributed by atoms with van der Waals surface area (Å²) in [6.45, 7) is 7.03. The molecule has 1 aliphatic rings. The van der Waals surface area contributed by atoms with Crippen LogP contribution in [0, 0.1) is 5.82 Å². The van der Waals surface area contributed by atoms with Crippen molar-refractivity contribution in [2.45, 2.75) is 45.6 Å². The molecule has 5 heterocycles. The lowest BCUT2D eigenvalue weighted by Crippen LogP contribution is -2.45. The summed E-state index contributed by atoms with van der Waals surface area (Å²) in [4.78, 5) is 32.5. The third-order valence-electron chi connectivity index (χ3n) is 6.35. The molecule has 2 unspecified atom stereocenters. The van der Waals surface area contributed by atoms with Crippen molar-refractivity contribution in [2.24, 2.45) is 0 Å². The number of hydrogen-bond acceptors (Lipinski definition) is 8. The number of hydrogen-bond donors (Lipinski definition) is 2. The van der Waals surface area contributed by atoms with Crippen LogP contribution in [0.15, 0.2) is 55.0 Å². The highest BCUT2D eigenvalue weighted by Gasteiger charge is 2.24. The minimum Gasteiger partial charge on any atom is -0.389 e. The van der Waals surface area contributed by atoms with E-state index < -0.39 is 6.10 Å². The van der Waals surface area contributed by atoms with Crippen LogP contribution in [0.3, 0.4) is 0 Å². The second-order valence-corrected chi connectivity index (χ2v) is 9.62. The summed E-state index contributed by atoms with van der Waals surface area (Å²) in [5.74, 6) is -0.158. The van der Waals surface area contributed by atoms with Crippen LogP contribution in [0.2, 0.25) is 0 Å². The van der Waals surface area contributed by atoms with Gasteiger partial charge in [0.15, 0.2) is 0 Å². The van der Waals surface area contributed by atoms with E-state index in [1.165, 1.54) is 24.5 Å². The number of pyridine rings is 4. The van der Waals surface area contributed by atoms with E-state index in [0.29, 0.717) is 52.6 Å². The quantitative estimate of drug-likeness (QED) is 0.398. The number of anilines is 1. The summed E-state index contributed by atoms with van der Waals surface area (Å²) in [6.07, 6.45) is 3.98. The smallest absolute Gasteiger partial charge is 0.253 e. The molecule has 0 saturated carbocycles. The van der Waals surface area contributed by atoms with Crippen molar-refractivity contribution in [3.63, 3.8) is 0 Å². The lowest BCUT2D eigenvalue weighted by molar-refractivity contribution is -0.00547. The van der Waals surface area contributed by atoms with E-state index >= 15 is 0 Å². The van der Waals surface area contributed by atoms with Gasteiger partial charge in [-0.1, -0.05) is 0 Å². The molecule has 0 bridgehead atoms. The van der Waals surface area contributed by atoms with Crippen LogP contribution in [0.5, 0.6) is 0 Å². The highest BCUT2D eigenvalue weighted by molar-refractivity contribution is 5.94. The summed E-state index contributed by atoms with van der Waals surface area (Å²) in [6, 6.07) is 9.87. The van der Waals surface area contributed by atoms with E-state index in [9.17, 15) is 14.3 Å². The van der Waals surface area contributed by atoms with Gasteiger partial charge in [-0.25, -0.2) is 14.4 Å². The Hall–Kier alpha value is -4.02. The maximum absolute atomic E-state index is 14.6. The maximum Gasteiger partial charge on any atom is 0.253 e. The Kier molecular flexibility index (Phi) is 7.26. The Bertz CT molecular complexity index is 1470. The minimum absolute atomic E-state index is 0.0240. The van der Waals surface area contributed by atoms with Crippen molar-refractivity contribution in [1.29, 1.82) is 0 Å². The van der Waals surface area contributed by atoms with Crippen LogP contribution in [0.4, 0.5) is 10.2 Å². The van der Waals surface area contributed by atoms with E-state index in [0.717, 1.165) is 5.39 Å². The molecule has 10 heteroatoms. The van der Waals surface area contributed by atoms with Crippen molar-refractivity contribution in [2.75, 3.05) is 18.0 Å². The summed E-state index contributed by atoms with van der Waals surface area (Å²) in [7, 11) is 0. The van der Waals surface area contributed by atoms with E-state index in [1.807, 2.05) is 24.8 Å². The fourth-order valence-electron chi connectivity index (χ4n) is 4.52. The first-order valence-electron chi connectivity index (χ1n) is 12.5. The van der Waals surface area contributed by atoms with Crippen LogP contribution in [0.1, 0.15) is 48.5 Å². The van der Waals surface area contributed by atoms with Gasteiger partial charge in [0.25, 0.3) is 5.91 Å². The Morgan fingerprint density at radius 3 is 2.66 bits per heavy atom. The summed E-state index contributed by atoms with van der Waals surface area (Å²) in [5, 5.41) is 13.4. The number of aromatic nitrogens is 4. The summed E-state index contributed by atoms with van der Waals surface area (Å²) < 4.78 is 20.4. The van der Waals surface area contributed by atoms with E-state index in [-0.39, 0.29) is 30.5 Å². The molecule has 0 radical (unpaired) electrons. The van der Waals surface area contributed by atoms with Crippen LogP contribution >= 0.6 is 0 Å². The van der Waals surface area contributed by atoms with Gasteiger partial charge in [0, 0.05) is 49.2 Å². The van der Waals surface area contributed by atoms with Gasteiger partial charge in [-0.2, -0.15) is 0 Å². The largest absolute Gasteiger partial charge is 0.389 e. The minimum atomic E-state index is -0.720. The van der Waals surface area contributed by atoms with Crippen LogP contribution < -0.4 is 10.2 Å². The lowest BCUT2D eigenvalue weighted by Gasteiger charge is -2.36. The van der Waals surface area contributed by atoms with Gasteiger partial charge in [-0.15, -0.1) is 0 Å². The molecule has 38 heavy (non-hydrogen) atoms. The number of morpholine rings is 1. The molecule has 2 N–H and O–H groups in total. The molecule has 1 amide bonds. The van der Waals surface area contributed by atoms with E-state index in [4.69, 9.17) is 14.7 Å². The average molecular weight is 517 g/mol. The Labute approximate surface area is 219 Å². The highest BCUT2D eigenvalue weighted by atomic mass is 19.1. The first kappa shape index (κ1) is 25.6. The molecule has 0 aromatic carbocycles. The van der Waals surface area contributed by atoms with E-state index in [2.05, 4.69) is 15.3 Å². The van der Waals surface area contributed by atoms with Gasteiger partial charge in [0.2, 0.25) is 0 Å². The van der Waals surface area contributed by atoms with Crippen LogP contribution in [0.25, 0.3) is 22.3 Å². The predicted molar refractivity (Wildman–Crippen MR) is 141 cm³/mol.